The smallest absolute Gasteiger partial charge is 0.398 e. The molecule has 1 fully saturated rings. The molecule has 2 aromatic carbocycles. The van der Waals surface area contributed by atoms with Crippen molar-refractivity contribution in [3.63, 3.8) is 0 Å². The molecule has 2 aromatic rings. The number of hydrogen-bond acceptors (Lipinski definition) is 3. The zero-order chi connectivity index (χ0) is 23.9. The van der Waals surface area contributed by atoms with E-state index >= 15 is 0 Å². The van der Waals surface area contributed by atoms with Crippen LogP contribution in [0.3, 0.4) is 0 Å². The Morgan fingerprint density at radius 3 is 2.48 bits per heavy atom. The Balaban J connectivity index is 1.75. The first-order valence-electron chi connectivity index (χ1n) is 11.4. The third-order valence-electron chi connectivity index (χ3n) is 6.39. The Hall–Kier alpha value is -3.15. The molecule has 3 nitrogen and oxygen atoms in total. The molecular weight excluding hydrogens is 423 g/mol. The van der Waals surface area contributed by atoms with Crippen molar-refractivity contribution in [3.8, 4) is 0 Å². The number of halogens is 3. The number of alkyl halides is 3. The van der Waals surface area contributed by atoms with Gasteiger partial charge in [0, 0.05) is 53.2 Å². The molecule has 1 aliphatic carbocycles. The molecule has 1 aliphatic heterocycles. The molecule has 0 spiro atoms. The number of nitrogens with zero attached hydrogens (tertiary/aromatic N) is 2. The molecule has 33 heavy (non-hydrogen) atoms. The molecule has 0 atom stereocenters. The monoisotopic (exact) mass is 453 g/mol. The van der Waals surface area contributed by atoms with Gasteiger partial charge in [-0.25, -0.2) is 0 Å². The Bertz CT molecular complexity index is 1140. The Morgan fingerprint density at radius 1 is 1.18 bits per heavy atom. The zero-order valence-electron chi connectivity index (χ0n) is 19.3. The highest BCUT2D eigenvalue weighted by Crippen LogP contribution is 2.49. The third-order valence-corrected chi connectivity index (χ3v) is 6.39. The van der Waals surface area contributed by atoms with Crippen molar-refractivity contribution >= 4 is 28.3 Å². The summed E-state index contributed by atoms with van der Waals surface area (Å²) in [6.07, 6.45) is 2.87. The van der Waals surface area contributed by atoms with E-state index in [1.165, 1.54) is 30.0 Å². The van der Waals surface area contributed by atoms with Gasteiger partial charge in [0.2, 0.25) is 0 Å². The predicted octanol–water partition coefficient (Wildman–Crippen LogP) is 7.32. The van der Waals surface area contributed by atoms with Crippen LogP contribution in [-0.4, -0.2) is 13.6 Å². The highest BCUT2D eigenvalue weighted by molar-refractivity contribution is 5.90. The van der Waals surface area contributed by atoms with Gasteiger partial charge in [-0.05, 0) is 74.1 Å². The number of likely N-dealkylation sites (N-methyl/N-ethyl adjacent to an activating group) is 1. The maximum atomic E-state index is 13.1. The molecule has 1 saturated carbocycles. The van der Waals surface area contributed by atoms with Gasteiger partial charge in [-0.3, -0.25) is 0 Å². The maximum absolute atomic E-state index is 13.1. The molecule has 0 radical (unpaired) electrons. The topological polar surface area (TPSA) is 32.5 Å². The average molecular weight is 454 g/mol. The number of anilines is 3. The molecule has 4 rings (SSSR count). The minimum absolute atomic E-state index is 0.112. The standard InChI is InChI=1S/C27H30F3N3/c1-5-7-25(21-12-10-19(15-24(21)31)27(28,29)30)32(4)20-11-13-26-23(16-20)22(18-8-9-18)14-17(3)33(26)6-2/h7,10-16,18H,3,5-6,8-9,31H2,1-2,4H3/b25-7-. The number of rotatable bonds is 6. The van der Waals surface area contributed by atoms with E-state index in [4.69, 9.17) is 5.73 Å². The second-order valence-corrected chi connectivity index (χ2v) is 8.67. The highest BCUT2D eigenvalue weighted by Gasteiger charge is 2.33. The van der Waals surface area contributed by atoms with Crippen LogP contribution >= 0.6 is 0 Å². The van der Waals surface area contributed by atoms with Crippen molar-refractivity contribution in [2.45, 2.75) is 39.3 Å². The molecule has 0 aromatic heterocycles. The van der Waals surface area contributed by atoms with Gasteiger partial charge in [-0.15, -0.1) is 0 Å². The van der Waals surface area contributed by atoms with E-state index in [0.29, 0.717) is 11.5 Å². The fourth-order valence-electron chi connectivity index (χ4n) is 4.53. The molecule has 2 N–H and O–H groups in total. The summed E-state index contributed by atoms with van der Waals surface area (Å²) in [6.45, 7) is 9.19. The van der Waals surface area contributed by atoms with E-state index in [1.54, 1.807) is 0 Å². The van der Waals surface area contributed by atoms with Crippen molar-refractivity contribution in [2.75, 3.05) is 29.1 Å². The van der Waals surface area contributed by atoms with Gasteiger partial charge >= 0.3 is 6.18 Å². The lowest BCUT2D eigenvalue weighted by Crippen LogP contribution is -2.25. The molecule has 0 unspecified atom stereocenters. The van der Waals surface area contributed by atoms with Crippen molar-refractivity contribution < 1.29 is 13.2 Å². The van der Waals surface area contributed by atoms with E-state index in [2.05, 4.69) is 36.6 Å². The van der Waals surface area contributed by atoms with E-state index in [9.17, 15) is 13.2 Å². The van der Waals surface area contributed by atoms with Crippen LogP contribution in [0.25, 0.3) is 11.3 Å². The van der Waals surface area contributed by atoms with Crippen LogP contribution < -0.4 is 15.5 Å². The highest BCUT2D eigenvalue weighted by atomic mass is 19.4. The number of nitrogen functional groups attached to an aromatic ring is 1. The first-order valence-corrected chi connectivity index (χ1v) is 11.4. The maximum Gasteiger partial charge on any atom is 0.416 e. The van der Waals surface area contributed by atoms with Gasteiger partial charge in [0.1, 0.15) is 0 Å². The summed E-state index contributed by atoms with van der Waals surface area (Å²) in [6, 6.07) is 9.91. The summed E-state index contributed by atoms with van der Waals surface area (Å²) in [4.78, 5) is 4.22. The van der Waals surface area contributed by atoms with Crippen molar-refractivity contribution in [1.29, 1.82) is 0 Å². The number of hydrogen-bond donors (Lipinski definition) is 1. The predicted molar refractivity (Wildman–Crippen MR) is 132 cm³/mol. The molecule has 0 saturated heterocycles. The molecular formula is C27H30F3N3. The van der Waals surface area contributed by atoms with E-state index in [0.717, 1.165) is 47.9 Å². The zero-order valence-corrected chi connectivity index (χ0v) is 19.3. The normalized spacial score (nSPS) is 16.5. The average Bonchev–Trinajstić information content (AvgIpc) is 3.61. The minimum Gasteiger partial charge on any atom is -0.398 e. The molecule has 2 aliphatic rings. The Labute approximate surface area is 193 Å². The van der Waals surface area contributed by atoms with Crippen molar-refractivity contribution in [1.82, 2.24) is 0 Å². The van der Waals surface area contributed by atoms with E-state index < -0.39 is 11.7 Å². The summed E-state index contributed by atoms with van der Waals surface area (Å²) in [5.41, 5.74) is 12.5. The number of allylic oxidation sites excluding steroid dienone is 3. The molecule has 1 heterocycles. The first-order chi connectivity index (χ1) is 15.7. The van der Waals surface area contributed by atoms with Gasteiger partial charge in [0.05, 0.1) is 5.56 Å². The largest absolute Gasteiger partial charge is 0.416 e. The van der Waals surface area contributed by atoms with E-state index in [-0.39, 0.29) is 5.69 Å². The van der Waals surface area contributed by atoms with Crippen molar-refractivity contribution in [2.24, 2.45) is 5.92 Å². The van der Waals surface area contributed by atoms with Crippen LogP contribution in [0.15, 0.2) is 60.8 Å². The third kappa shape index (κ3) is 4.39. The van der Waals surface area contributed by atoms with Gasteiger partial charge in [0.15, 0.2) is 0 Å². The fourth-order valence-corrected chi connectivity index (χ4v) is 4.53. The summed E-state index contributed by atoms with van der Waals surface area (Å²) in [5.74, 6) is 0.566. The lowest BCUT2D eigenvalue weighted by molar-refractivity contribution is -0.137. The number of fused-ring (bicyclic) bond motifs is 1. The molecule has 174 valence electrons. The van der Waals surface area contributed by atoms with Crippen LogP contribution in [0.5, 0.6) is 0 Å². The summed E-state index contributed by atoms with van der Waals surface area (Å²) >= 11 is 0. The van der Waals surface area contributed by atoms with Crippen LogP contribution in [-0.2, 0) is 6.18 Å². The van der Waals surface area contributed by atoms with Crippen LogP contribution in [0, 0.1) is 5.92 Å². The van der Waals surface area contributed by atoms with Crippen LogP contribution in [0.1, 0.15) is 49.8 Å². The SMILES string of the molecule is C=C1C=C(C2CC2)c2cc(N(C)/C(=C\CC)c3ccc(C(F)(F)F)cc3N)ccc2N1CC. The quantitative estimate of drug-likeness (QED) is 0.465. The fraction of sp³-hybridized carbons (Fsp3) is 0.333. The van der Waals surface area contributed by atoms with Gasteiger partial charge in [-0.1, -0.05) is 25.6 Å². The van der Waals surface area contributed by atoms with Crippen molar-refractivity contribution in [3.05, 3.63) is 77.5 Å². The van der Waals surface area contributed by atoms with E-state index in [1.807, 2.05) is 31.0 Å². The summed E-state index contributed by atoms with van der Waals surface area (Å²) in [7, 11) is 1.93. The molecule has 6 heteroatoms. The summed E-state index contributed by atoms with van der Waals surface area (Å²) < 4.78 is 39.4. The van der Waals surface area contributed by atoms with Gasteiger partial charge in [0.25, 0.3) is 0 Å². The minimum atomic E-state index is -4.42. The number of benzene rings is 2. The second kappa shape index (κ2) is 8.65. The molecule has 0 amide bonds. The molecule has 0 bridgehead atoms. The van der Waals surface area contributed by atoms with Gasteiger partial charge < -0.3 is 15.5 Å². The Morgan fingerprint density at radius 2 is 1.91 bits per heavy atom. The first kappa shape index (κ1) is 23.0. The van der Waals surface area contributed by atoms with Gasteiger partial charge in [-0.2, -0.15) is 13.2 Å². The number of nitrogens with two attached hydrogens (primary N) is 1. The van der Waals surface area contributed by atoms with Crippen LogP contribution in [0.2, 0.25) is 0 Å². The van der Waals surface area contributed by atoms with Crippen LogP contribution in [0.4, 0.5) is 30.2 Å². The second-order valence-electron chi connectivity index (χ2n) is 8.67. The Kier molecular flexibility index (Phi) is 6.04. The lowest BCUT2D eigenvalue weighted by Gasteiger charge is -2.33. The lowest BCUT2D eigenvalue weighted by atomic mass is 9.93. The summed E-state index contributed by atoms with van der Waals surface area (Å²) in [5, 5.41) is 0.